The van der Waals surface area contributed by atoms with Gasteiger partial charge in [0.25, 0.3) is 5.91 Å². The predicted octanol–water partition coefficient (Wildman–Crippen LogP) is 0.0508. The second-order valence-corrected chi connectivity index (χ2v) is 8.96. The molecule has 4 unspecified atom stereocenters. The molecule has 11 heteroatoms. The number of ketones is 2. The van der Waals surface area contributed by atoms with E-state index in [1.54, 1.807) is 0 Å². The number of nitrogens with zero attached hydrogens (tertiary/aromatic N) is 1. The maximum Gasteiger partial charge on any atom is 0.255 e. The van der Waals surface area contributed by atoms with E-state index in [0.29, 0.717) is 0 Å². The number of rotatable bonds is 2. The summed E-state index contributed by atoms with van der Waals surface area (Å²) in [7, 11) is 3.01. The molecule has 0 aliphatic heterocycles. The number of primary amides is 1. The molecule has 33 heavy (non-hydrogen) atoms. The summed E-state index contributed by atoms with van der Waals surface area (Å²) in [5, 5.41) is 54.9. The molecule has 10 nitrogen and oxygen atoms in total. The molecule has 7 N–H and O–H groups in total. The Hall–Kier alpha value is -2.92. The minimum absolute atomic E-state index is 0. The van der Waals surface area contributed by atoms with E-state index in [2.05, 4.69) is 0 Å². The molecule has 0 spiro atoms. The number of nitrogens with two attached hydrogens (primary N) is 1. The zero-order valence-corrected chi connectivity index (χ0v) is 18.9. The highest BCUT2D eigenvalue weighted by Gasteiger charge is 2.66. The van der Waals surface area contributed by atoms with E-state index in [4.69, 9.17) is 5.73 Å². The van der Waals surface area contributed by atoms with Crippen LogP contribution in [0.3, 0.4) is 0 Å². The number of phenolic OH excluding ortho intramolecular Hbond substituents is 1. The van der Waals surface area contributed by atoms with Crippen LogP contribution in [-0.4, -0.2) is 73.6 Å². The number of aromatic hydroxyl groups is 1. The summed E-state index contributed by atoms with van der Waals surface area (Å²) in [6, 6.07) is 3.02. The van der Waals surface area contributed by atoms with Gasteiger partial charge in [-0.3, -0.25) is 19.3 Å². The molecule has 1 fully saturated rings. The molecule has 1 saturated carbocycles. The predicted molar refractivity (Wildman–Crippen MR) is 117 cm³/mol. The lowest BCUT2D eigenvalue weighted by Crippen LogP contribution is -2.67. The lowest BCUT2D eigenvalue weighted by Gasteiger charge is -2.53. The Morgan fingerprint density at radius 3 is 2.30 bits per heavy atom. The van der Waals surface area contributed by atoms with Crippen molar-refractivity contribution in [1.82, 2.24) is 4.90 Å². The molecule has 1 amide bonds. The van der Waals surface area contributed by atoms with Crippen molar-refractivity contribution in [3.8, 4) is 5.75 Å². The van der Waals surface area contributed by atoms with Crippen LogP contribution < -0.4 is 5.73 Å². The quantitative estimate of drug-likeness (QED) is 0.318. The maximum absolute atomic E-state index is 13.7. The first-order valence-corrected chi connectivity index (χ1v) is 9.97. The Balaban J connectivity index is 0.00000306. The number of fused-ring (bicyclic) bond motifs is 3. The second-order valence-electron chi connectivity index (χ2n) is 8.96. The average Bonchev–Trinajstić information content (AvgIpc) is 2.68. The molecule has 0 heterocycles. The topological polar surface area (TPSA) is 182 Å². The molecule has 1 aromatic rings. The highest BCUT2D eigenvalue weighted by atomic mass is 35.5. The van der Waals surface area contributed by atoms with Gasteiger partial charge in [0.15, 0.2) is 11.4 Å². The van der Waals surface area contributed by atoms with E-state index in [9.17, 15) is 39.9 Å². The highest BCUT2D eigenvalue weighted by molar-refractivity contribution is 6.24. The minimum atomic E-state index is -2.75. The molecule has 0 bridgehead atoms. The smallest absolute Gasteiger partial charge is 0.255 e. The fourth-order valence-electron chi connectivity index (χ4n) is 5.50. The van der Waals surface area contributed by atoms with Gasteiger partial charge in [0.1, 0.15) is 22.8 Å². The lowest BCUT2D eigenvalue weighted by atomic mass is 9.54. The monoisotopic (exact) mass is 480 g/mol. The summed E-state index contributed by atoms with van der Waals surface area (Å²) in [5.74, 6) is -7.90. The van der Waals surface area contributed by atoms with Crippen molar-refractivity contribution >= 4 is 35.6 Å². The Morgan fingerprint density at radius 1 is 1.15 bits per heavy atom. The summed E-state index contributed by atoms with van der Waals surface area (Å²) in [6.07, 6.45) is -0.200. The first-order valence-electron chi connectivity index (χ1n) is 9.97. The first kappa shape index (κ1) is 24.7. The van der Waals surface area contributed by atoms with Crippen molar-refractivity contribution in [1.29, 1.82) is 0 Å². The van der Waals surface area contributed by atoms with Crippen LogP contribution in [0.2, 0.25) is 0 Å². The second kappa shape index (κ2) is 7.56. The van der Waals surface area contributed by atoms with Crippen LogP contribution >= 0.6 is 12.4 Å². The fourth-order valence-corrected chi connectivity index (χ4v) is 5.50. The van der Waals surface area contributed by atoms with Crippen molar-refractivity contribution in [2.75, 3.05) is 14.1 Å². The molecule has 3 aliphatic rings. The van der Waals surface area contributed by atoms with Crippen LogP contribution in [0.4, 0.5) is 0 Å². The number of carbonyl (C=O) groups excluding carboxylic acids is 3. The molecule has 178 valence electrons. The lowest BCUT2D eigenvalue weighted by molar-refractivity contribution is -0.159. The van der Waals surface area contributed by atoms with Crippen LogP contribution in [0.5, 0.6) is 5.75 Å². The Morgan fingerprint density at radius 2 is 1.76 bits per heavy atom. The third-order valence-corrected chi connectivity index (χ3v) is 7.02. The normalized spacial score (nSPS) is 33.3. The van der Waals surface area contributed by atoms with E-state index in [1.165, 1.54) is 44.1 Å². The number of hydrogen-bond acceptors (Lipinski definition) is 9. The van der Waals surface area contributed by atoms with Gasteiger partial charge in [0.05, 0.1) is 17.2 Å². The van der Waals surface area contributed by atoms with E-state index >= 15 is 0 Å². The van der Waals surface area contributed by atoms with Crippen molar-refractivity contribution in [3.63, 3.8) is 0 Å². The third kappa shape index (κ3) is 2.95. The standard InChI is InChI=1S/C22H24N2O8.ClH/c1-21(31)8-5-4-6-11(25)12(8)16(26)13-9(21)7-10-15(24(2)3)17(27)14(20(23)30)19(29)22(10,32)18(13)28;/h4-6,9-10,15,25-26,29,31-32H,7H2,1-3H3,(H2,23,30);1H/t9?,10?,15?,21-,22?;/m1./s1. The molecular formula is C22H25ClN2O8. The summed E-state index contributed by atoms with van der Waals surface area (Å²) >= 11 is 0. The van der Waals surface area contributed by atoms with Gasteiger partial charge in [-0.2, -0.15) is 0 Å². The Bertz CT molecular complexity index is 1160. The van der Waals surface area contributed by atoms with Gasteiger partial charge >= 0.3 is 0 Å². The van der Waals surface area contributed by atoms with Crippen LogP contribution in [0.15, 0.2) is 35.1 Å². The van der Waals surface area contributed by atoms with E-state index < -0.39 is 75.0 Å². The SMILES string of the molecule is CN(C)C1C(=O)C(C(N)=O)=C(O)C2(O)C(=O)C3=C(O)c4c(O)cccc4[C@@](C)(O)C3CC12.Cl. The zero-order valence-electron chi connectivity index (χ0n) is 18.1. The summed E-state index contributed by atoms with van der Waals surface area (Å²) in [6.45, 7) is 1.40. The van der Waals surface area contributed by atoms with E-state index in [0.717, 1.165) is 0 Å². The average molecular weight is 481 g/mol. The number of aliphatic hydroxyl groups is 4. The first-order chi connectivity index (χ1) is 14.8. The number of amides is 1. The Labute approximate surface area is 195 Å². The van der Waals surface area contributed by atoms with E-state index in [1.807, 2.05) is 0 Å². The van der Waals surface area contributed by atoms with Gasteiger partial charge in [-0.25, -0.2) is 0 Å². The molecule has 0 saturated heterocycles. The third-order valence-electron chi connectivity index (χ3n) is 7.02. The minimum Gasteiger partial charge on any atom is -0.508 e. The number of halogens is 1. The zero-order chi connectivity index (χ0) is 23.9. The highest BCUT2D eigenvalue weighted by Crippen LogP contribution is 2.57. The van der Waals surface area contributed by atoms with E-state index in [-0.39, 0.29) is 30.0 Å². The summed E-state index contributed by atoms with van der Waals surface area (Å²) in [5.41, 5.74) is -0.548. The number of hydrogen-bond donors (Lipinski definition) is 6. The van der Waals surface area contributed by atoms with Crippen LogP contribution in [0.25, 0.3) is 5.76 Å². The Kier molecular flexibility index (Phi) is 5.66. The summed E-state index contributed by atoms with van der Waals surface area (Å²) < 4.78 is 0. The van der Waals surface area contributed by atoms with Gasteiger partial charge in [0.2, 0.25) is 5.78 Å². The van der Waals surface area contributed by atoms with Crippen LogP contribution in [0.1, 0.15) is 24.5 Å². The number of Topliss-reactive ketones (excluding diaryl/α,β-unsaturated/α-hetero) is 2. The molecule has 1 aromatic carbocycles. The van der Waals surface area contributed by atoms with Crippen molar-refractivity contribution in [2.24, 2.45) is 17.6 Å². The van der Waals surface area contributed by atoms with Crippen molar-refractivity contribution in [2.45, 2.75) is 30.6 Å². The number of carbonyl (C=O) groups is 3. The number of benzene rings is 1. The largest absolute Gasteiger partial charge is 0.508 e. The molecular weight excluding hydrogens is 456 g/mol. The fraction of sp³-hybridized carbons (Fsp3) is 0.409. The van der Waals surface area contributed by atoms with Gasteiger partial charge in [0, 0.05) is 17.4 Å². The number of phenols is 1. The van der Waals surface area contributed by atoms with Crippen molar-refractivity contribution in [3.05, 3.63) is 46.2 Å². The van der Waals surface area contributed by atoms with Gasteiger partial charge in [-0.1, -0.05) is 12.1 Å². The number of aliphatic hydroxyl groups excluding tert-OH is 2. The molecule has 0 radical (unpaired) electrons. The van der Waals surface area contributed by atoms with Crippen LogP contribution in [0, 0.1) is 11.8 Å². The van der Waals surface area contributed by atoms with Gasteiger partial charge in [-0.15, -0.1) is 12.4 Å². The van der Waals surface area contributed by atoms with Gasteiger partial charge < -0.3 is 31.3 Å². The molecule has 4 rings (SSSR count). The molecule has 3 aliphatic carbocycles. The van der Waals surface area contributed by atoms with Crippen molar-refractivity contribution < 1.29 is 39.9 Å². The summed E-state index contributed by atoms with van der Waals surface area (Å²) in [4.78, 5) is 40.0. The van der Waals surface area contributed by atoms with Gasteiger partial charge in [-0.05, 0) is 39.1 Å². The van der Waals surface area contributed by atoms with Crippen LogP contribution in [-0.2, 0) is 20.0 Å². The maximum atomic E-state index is 13.7. The molecule has 5 atom stereocenters. The molecule has 0 aromatic heterocycles. The number of likely N-dealkylation sites (N-methyl/N-ethyl adjacent to an activating group) is 1.